The first-order valence-corrected chi connectivity index (χ1v) is 8.60. The largest absolute Gasteiger partial charge is 0.497 e. The molecular formula is C20H23N3O. The molecule has 1 aromatic carbocycles. The molecule has 0 spiro atoms. The van der Waals surface area contributed by atoms with E-state index in [1.54, 1.807) is 7.11 Å². The van der Waals surface area contributed by atoms with E-state index < -0.39 is 0 Å². The number of methoxy groups -OCH3 is 1. The Morgan fingerprint density at radius 1 is 1.25 bits per heavy atom. The molecular weight excluding hydrogens is 298 g/mol. The van der Waals surface area contributed by atoms with Gasteiger partial charge in [-0.05, 0) is 67.3 Å². The average Bonchev–Trinajstić information content (AvgIpc) is 3.23. The Kier molecular flexibility index (Phi) is 4.22. The molecule has 1 saturated heterocycles. The van der Waals surface area contributed by atoms with E-state index in [-0.39, 0.29) is 0 Å². The van der Waals surface area contributed by atoms with Gasteiger partial charge in [0.25, 0.3) is 0 Å². The van der Waals surface area contributed by atoms with Gasteiger partial charge in [0, 0.05) is 42.1 Å². The topological polar surface area (TPSA) is 41.1 Å². The Hall–Kier alpha value is -2.33. The van der Waals surface area contributed by atoms with Crippen molar-refractivity contribution in [2.45, 2.75) is 31.8 Å². The molecule has 4 rings (SSSR count). The molecule has 0 unspecified atom stereocenters. The van der Waals surface area contributed by atoms with Crippen molar-refractivity contribution in [3.63, 3.8) is 0 Å². The highest BCUT2D eigenvalue weighted by atomic mass is 16.5. The van der Waals surface area contributed by atoms with Gasteiger partial charge < -0.3 is 9.72 Å². The molecule has 24 heavy (non-hydrogen) atoms. The smallest absolute Gasteiger partial charge is 0.119 e. The number of benzene rings is 1. The third-order valence-corrected chi connectivity index (χ3v) is 5.06. The van der Waals surface area contributed by atoms with Crippen LogP contribution in [-0.4, -0.2) is 34.6 Å². The molecule has 4 heteroatoms. The molecule has 1 N–H and O–H groups in total. The lowest BCUT2D eigenvalue weighted by Gasteiger charge is -2.24. The van der Waals surface area contributed by atoms with Crippen molar-refractivity contribution in [2.24, 2.45) is 0 Å². The monoisotopic (exact) mass is 321 g/mol. The SMILES string of the molecule is COc1ccc2[nH]cc(C[C@H]3CCCN3Cc3ccncc3)c2c1. The summed E-state index contributed by atoms with van der Waals surface area (Å²) < 4.78 is 5.39. The number of likely N-dealkylation sites (tertiary alicyclic amines) is 1. The van der Waals surface area contributed by atoms with E-state index in [4.69, 9.17) is 4.74 Å². The van der Waals surface area contributed by atoms with Gasteiger partial charge >= 0.3 is 0 Å². The van der Waals surface area contributed by atoms with Crippen molar-refractivity contribution in [3.05, 3.63) is 60.0 Å². The fraction of sp³-hybridized carbons (Fsp3) is 0.350. The molecule has 1 aliphatic heterocycles. The van der Waals surface area contributed by atoms with Crippen molar-refractivity contribution >= 4 is 10.9 Å². The van der Waals surface area contributed by atoms with Crippen LogP contribution in [0, 0.1) is 0 Å². The summed E-state index contributed by atoms with van der Waals surface area (Å²) in [6.07, 6.45) is 9.55. The molecule has 2 aromatic heterocycles. The molecule has 1 fully saturated rings. The Balaban J connectivity index is 1.53. The van der Waals surface area contributed by atoms with Gasteiger partial charge in [-0.3, -0.25) is 9.88 Å². The maximum atomic E-state index is 5.39. The van der Waals surface area contributed by atoms with Crippen molar-refractivity contribution in [3.8, 4) is 5.75 Å². The zero-order valence-corrected chi connectivity index (χ0v) is 14.0. The minimum absolute atomic E-state index is 0.600. The molecule has 4 nitrogen and oxygen atoms in total. The number of nitrogens with one attached hydrogen (secondary N) is 1. The van der Waals surface area contributed by atoms with Crippen LogP contribution in [0.1, 0.15) is 24.0 Å². The lowest BCUT2D eigenvalue weighted by atomic mass is 10.0. The Labute approximate surface area is 142 Å². The summed E-state index contributed by atoms with van der Waals surface area (Å²) in [5.41, 5.74) is 3.91. The Morgan fingerprint density at radius 2 is 2.12 bits per heavy atom. The maximum Gasteiger partial charge on any atom is 0.119 e. The van der Waals surface area contributed by atoms with E-state index in [2.05, 4.69) is 45.3 Å². The van der Waals surface area contributed by atoms with E-state index in [1.165, 1.54) is 41.4 Å². The fourth-order valence-corrected chi connectivity index (χ4v) is 3.76. The predicted molar refractivity (Wildman–Crippen MR) is 96.2 cm³/mol. The molecule has 124 valence electrons. The Bertz CT molecular complexity index is 812. The van der Waals surface area contributed by atoms with E-state index in [9.17, 15) is 0 Å². The second-order valence-corrected chi connectivity index (χ2v) is 6.55. The summed E-state index contributed by atoms with van der Waals surface area (Å²) in [5.74, 6) is 0.920. The van der Waals surface area contributed by atoms with E-state index in [0.717, 1.165) is 18.7 Å². The lowest BCUT2D eigenvalue weighted by Crippen LogP contribution is -2.30. The van der Waals surface area contributed by atoms with E-state index in [0.29, 0.717) is 6.04 Å². The van der Waals surface area contributed by atoms with Crippen LogP contribution in [-0.2, 0) is 13.0 Å². The first-order valence-electron chi connectivity index (χ1n) is 8.60. The van der Waals surface area contributed by atoms with Gasteiger partial charge in [-0.1, -0.05) is 0 Å². The van der Waals surface area contributed by atoms with Gasteiger partial charge in [0.1, 0.15) is 5.75 Å². The van der Waals surface area contributed by atoms with Crippen molar-refractivity contribution in [1.29, 1.82) is 0 Å². The third kappa shape index (κ3) is 3.02. The summed E-state index contributed by atoms with van der Waals surface area (Å²) in [7, 11) is 1.72. The highest BCUT2D eigenvalue weighted by Gasteiger charge is 2.25. The summed E-state index contributed by atoms with van der Waals surface area (Å²) in [4.78, 5) is 10.1. The minimum atomic E-state index is 0.600. The number of hydrogen-bond acceptors (Lipinski definition) is 3. The van der Waals surface area contributed by atoms with Crippen LogP contribution in [0.5, 0.6) is 5.75 Å². The molecule has 3 aromatic rings. The molecule has 1 atom stereocenters. The first kappa shape index (κ1) is 15.2. The second-order valence-electron chi connectivity index (χ2n) is 6.55. The highest BCUT2D eigenvalue weighted by Crippen LogP contribution is 2.28. The quantitative estimate of drug-likeness (QED) is 0.777. The third-order valence-electron chi connectivity index (χ3n) is 5.06. The summed E-state index contributed by atoms with van der Waals surface area (Å²) in [6, 6.07) is 11.1. The molecule has 0 bridgehead atoms. The van der Waals surface area contributed by atoms with Crippen LogP contribution in [0.25, 0.3) is 10.9 Å². The van der Waals surface area contributed by atoms with Crippen molar-refractivity contribution in [2.75, 3.05) is 13.7 Å². The predicted octanol–water partition coefficient (Wildman–Crippen LogP) is 3.78. The highest BCUT2D eigenvalue weighted by molar-refractivity contribution is 5.84. The standard InChI is InChI=1S/C20H23N3O/c1-24-18-4-5-20-19(12-18)16(13-22-20)11-17-3-2-10-23(17)14-15-6-8-21-9-7-15/h4-9,12-13,17,22H,2-3,10-11,14H2,1H3/t17-/m1/s1. The number of rotatable bonds is 5. The number of aromatic amines is 1. The molecule has 0 saturated carbocycles. The summed E-state index contributed by atoms with van der Waals surface area (Å²) in [5, 5.41) is 1.28. The molecule has 0 amide bonds. The lowest BCUT2D eigenvalue weighted by molar-refractivity contribution is 0.244. The molecule has 3 heterocycles. The van der Waals surface area contributed by atoms with Crippen molar-refractivity contribution < 1.29 is 4.74 Å². The number of hydrogen-bond donors (Lipinski definition) is 1. The van der Waals surface area contributed by atoms with Gasteiger partial charge in [0.05, 0.1) is 7.11 Å². The number of nitrogens with zero attached hydrogens (tertiary/aromatic N) is 2. The van der Waals surface area contributed by atoms with Crippen LogP contribution in [0.4, 0.5) is 0 Å². The molecule has 1 aliphatic rings. The van der Waals surface area contributed by atoms with Crippen LogP contribution < -0.4 is 4.74 Å². The fourth-order valence-electron chi connectivity index (χ4n) is 3.76. The maximum absolute atomic E-state index is 5.39. The van der Waals surface area contributed by atoms with Crippen LogP contribution in [0.15, 0.2) is 48.9 Å². The Morgan fingerprint density at radius 3 is 2.96 bits per heavy atom. The average molecular weight is 321 g/mol. The second kappa shape index (κ2) is 6.65. The summed E-state index contributed by atoms with van der Waals surface area (Å²) >= 11 is 0. The van der Waals surface area contributed by atoms with Gasteiger partial charge in [-0.25, -0.2) is 0 Å². The normalized spacial score (nSPS) is 18.3. The van der Waals surface area contributed by atoms with E-state index >= 15 is 0 Å². The summed E-state index contributed by atoms with van der Waals surface area (Å²) in [6.45, 7) is 2.19. The van der Waals surface area contributed by atoms with Gasteiger partial charge in [-0.2, -0.15) is 0 Å². The van der Waals surface area contributed by atoms with Crippen molar-refractivity contribution in [1.82, 2.24) is 14.9 Å². The number of pyridine rings is 1. The van der Waals surface area contributed by atoms with E-state index in [1.807, 2.05) is 18.5 Å². The van der Waals surface area contributed by atoms with Crippen LogP contribution >= 0.6 is 0 Å². The van der Waals surface area contributed by atoms with Gasteiger partial charge in [0.2, 0.25) is 0 Å². The first-order chi connectivity index (χ1) is 11.8. The number of aromatic nitrogens is 2. The van der Waals surface area contributed by atoms with Crippen LogP contribution in [0.3, 0.4) is 0 Å². The number of fused-ring (bicyclic) bond motifs is 1. The zero-order valence-electron chi connectivity index (χ0n) is 14.0. The van der Waals surface area contributed by atoms with Crippen LogP contribution in [0.2, 0.25) is 0 Å². The van der Waals surface area contributed by atoms with Gasteiger partial charge in [-0.15, -0.1) is 0 Å². The molecule has 0 radical (unpaired) electrons. The molecule has 0 aliphatic carbocycles. The minimum Gasteiger partial charge on any atom is -0.497 e. The number of ether oxygens (including phenoxy) is 1. The van der Waals surface area contributed by atoms with Gasteiger partial charge in [0.15, 0.2) is 0 Å². The number of H-pyrrole nitrogens is 1. The zero-order chi connectivity index (χ0) is 16.4.